The lowest BCUT2D eigenvalue weighted by Crippen LogP contribution is -2.22. The van der Waals surface area contributed by atoms with Gasteiger partial charge in [-0.05, 0) is 40.9 Å². The summed E-state index contributed by atoms with van der Waals surface area (Å²) in [6.45, 7) is 0. The largest absolute Gasteiger partial charge is 0.478 e. The van der Waals surface area contributed by atoms with E-state index in [-0.39, 0.29) is 0 Å². The summed E-state index contributed by atoms with van der Waals surface area (Å²) in [5.74, 6) is -0.888. The van der Waals surface area contributed by atoms with E-state index in [4.69, 9.17) is 0 Å². The maximum Gasteiger partial charge on any atom is 0.338 e. The second kappa shape index (κ2) is 6.94. The summed E-state index contributed by atoms with van der Waals surface area (Å²) < 4.78 is 0.635. The van der Waals surface area contributed by atoms with Gasteiger partial charge in [0.2, 0.25) is 0 Å². The Morgan fingerprint density at radius 3 is 2.42 bits per heavy atom. The number of aromatic carboxylic acids is 1. The summed E-state index contributed by atoms with van der Waals surface area (Å²) in [5, 5.41) is 12.7. The Labute approximate surface area is 122 Å². The monoisotopic (exact) mass is 325 g/mol. The fourth-order valence-electron chi connectivity index (χ4n) is 2.68. The van der Waals surface area contributed by atoms with Crippen molar-refractivity contribution < 1.29 is 9.90 Å². The summed E-state index contributed by atoms with van der Waals surface area (Å²) in [6.07, 6.45) is 8.65. The zero-order valence-electron chi connectivity index (χ0n) is 11.0. The van der Waals surface area contributed by atoms with E-state index in [0.29, 0.717) is 16.1 Å². The van der Waals surface area contributed by atoms with Crippen LogP contribution in [-0.4, -0.2) is 17.1 Å². The molecule has 1 aliphatic carbocycles. The Morgan fingerprint density at radius 2 is 1.79 bits per heavy atom. The van der Waals surface area contributed by atoms with Gasteiger partial charge in [0.05, 0.1) is 11.3 Å². The van der Waals surface area contributed by atoms with Crippen molar-refractivity contribution in [2.24, 2.45) is 0 Å². The van der Waals surface area contributed by atoms with E-state index in [1.165, 1.54) is 32.1 Å². The number of rotatable bonds is 3. The van der Waals surface area contributed by atoms with Crippen LogP contribution in [0.3, 0.4) is 0 Å². The number of carbonyl (C=O) groups is 1. The second-order valence-electron chi connectivity index (χ2n) is 5.15. The van der Waals surface area contributed by atoms with Crippen LogP contribution < -0.4 is 5.32 Å². The average molecular weight is 326 g/mol. The molecular weight excluding hydrogens is 306 g/mol. The van der Waals surface area contributed by atoms with Gasteiger partial charge in [-0.25, -0.2) is 4.79 Å². The highest BCUT2D eigenvalue weighted by molar-refractivity contribution is 9.10. The van der Waals surface area contributed by atoms with E-state index in [0.717, 1.165) is 18.5 Å². The second-order valence-corrected chi connectivity index (χ2v) is 6.01. The number of halogens is 1. The van der Waals surface area contributed by atoms with Gasteiger partial charge in [0.25, 0.3) is 0 Å². The third-order valence-corrected chi connectivity index (χ3v) is 4.35. The van der Waals surface area contributed by atoms with E-state index in [2.05, 4.69) is 21.2 Å². The molecule has 19 heavy (non-hydrogen) atoms. The van der Waals surface area contributed by atoms with Crippen molar-refractivity contribution in [1.82, 2.24) is 0 Å². The standard InChI is InChI=1S/C15H20BrNO2/c16-12-9-6-10-13(14(12)15(18)19)17-11-7-4-2-1-3-5-8-11/h6,9-11,17H,1-5,7-8H2,(H,18,19). The Morgan fingerprint density at radius 1 is 1.16 bits per heavy atom. The fraction of sp³-hybridized carbons (Fsp3) is 0.533. The Bertz CT molecular complexity index is 440. The maximum absolute atomic E-state index is 11.3. The predicted molar refractivity (Wildman–Crippen MR) is 80.8 cm³/mol. The van der Waals surface area contributed by atoms with E-state index < -0.39 is 5.97 Å². The van der Waals surface area contributed by atoms with Crippen LogP contribution in [0.1, 0.15) is 55.3 Å². The number of hydrogen-bond acceptors (Lipinski definition) is 2. The van der Waals surface area contributed by atoms with Crippen molar-refractivity contribution >= 4 is 27.6 Å². The summed E-state index contributed by atoms with van der Waals surface area (Å²) >= 11 is 3.32. The number of benzene rings is 1. The maximum atomic E-state index is 11.3. The smallest absolute Gasteiger partial charge is 0.338 e. The third-order valence-electron chi connectivity index (χ3n) is 3.69. The molecule has 3 nitrogen and oxygen atoms in total. The third kappa shape index (κ3) is 3.96. The quantitative estimate of drug-likeness (QED) is 0.848. The van der Waals surface area contributed by atoms with Crippen molar-refractivity contribution in [2.75, 3.05) is 5.32 Å². The molecule has 0 atom stereocenters. The van der Waals surface area contributed by atoms with Crippen LogP contribution in [-0.2, 0) is 0 Å². The average Bonchev–Trinajstić information content (AvgIpc) is 2.32. The number of carboxylic acids is 1. The number of hydrogen-bond donors (Lipinski definition) is 2. The minimum Gasteiger partial charge on any atom is -0.478 e. The molecule has 0 saturated heterocycles. The SMILES string of the molecule is O=C(O)c1c(Br)cccc1NC1CCCCCCC1. The Balaban J connectivity index is 2.13. The van der Waals surface area contributed by atoms with Crippen LogP contribution in [0.15, 0.2) is 22.7 Å². The van der Waals surface area contributed by atoms with Gasteiger partial charge < -0.3 is 10.4 Å². The molecule has 1 aliphatic rings. The van der Waals surface area contributed by atoms with Crippen LogP contribution >= 0.6 is 15.9 Å². The Hall–Kier alpha value is -1.03. The summed E-state index contributed by atoms with van der Waals surface area (Å²) in [4.78, 5) is 11.3. The molecule has 1 aromatic carbocycles. The molecule has 0 heterocycles. The van der Waals surface area contributed by atoms with Crippen LogP contribution in [0.4, 0.5) is 5.69 Å². The van der Waals surface area contributed by atoms with Gasteiger partial charge in [0.1, 0.15) is 0 Å². The number of carboxylic acid groups (broad SMARTS) is 1. The predicted octanol–water partition coefficient (Wildman–Crippen LogP) is 4.67. The summed E-state index contributed by atoms with van der Waals surface area (Å²) in [6, 6.07) is 5.90. The highest BCUT2D eigenvalue weighted by atomic mass is 79.9. The zero-order valence-corrected chi connectivity index (χ0v) is 12.6. The van der Waals surface area contributed by atoms with Gasteiger partial charge in [-0.3, -0.25) is 0 Å². The van der Waals surface area contributed by atoms with Gasteiger partial charge >= 0.3 is 5.97 Å². The molecule has 2 N–H and O–H groups in total. The molecule has 0 radical (unpaired) electrons. The van der Waals surface area contributed by atoms with Gasteiger partial charge in [-0.1, -0.05) is 38.2 Å². The first-order valence-corrected chi connectivity index (χ1v) is 7.76. The molecule has 1 saturated carbocycles. The molecule has 4 heteroatoms. The van der Waals surface area contributed by atoms with Crippen molar-refractivity contribution in [1.29, 1.82) is 0 Å². The molecule has 2 rings (SSSR count). The minimum absolute atomic E-state index is 0.338. The first kappa shape index (κ1) is 14.4. The molecule has 1 fully saturated rings. The number of nitrogens with one attached hydrogen (secondary N) is 1. The highest BCUT2D eigenvalue weighted by Gasteiger charge is 2.17. The Kier molecular flexibility index (Phi) is 5.25. The molecule has 0 bridgehead atoms. The first-order valence-electron chi connectivity index (χ1n) is 6.97. The van der Waals surface area contributed by atoms with Crippen molar-refractivity contribution in [2.45, 2.75) is 51.0 Å². The van der Waals surface area contributed by atoms with Crippen LogP contribution in [0.2, 0.25) is 0 Å². The molecule has 0 aliphatic heterocycles. The van der Waals surface area contributed by atoms with Crippen molar-refractivity contribution in [3.8, 4) is 0 Å². The van der Waals surface area contributed by atoms with E-state index >= 15 is 0 Å². The summed E-state index contributed by atoms with van der Waals surface area (Å²) in [7, 11) is 0. The molecule has 1 aromatic rings. The lowest BCUT2D eigenvalue weighted by molar-refractivity contribution is 0.0697. The van der Waals surface area contributed by atoms with Crippen LogP contribution in [0.25, 0.3) is 0 Å². The lowest BCUT2D eigenvalue weighted by atomic mass is 9.96. The van der Waals surface area contributed by atoms with E-state index in [1.807, 2.05) is 12.1 Å². The van der Waals surface area contributed by atoms with Crippen LogP contribution in [0, 0.1) is 0 Å². The molecule has 0 aromatic heterocycles. The van der Waals surface area contributed by atoms with E-state index in [1.54, 1.807) is 6.07 Å². The van der Waals surface area contributed by atoms with Gasteiger partial charge in [-0.2, -0.15) is 0 Å². The van der Waals surface area contributed by atoms with Gasteiger partial charge in [0, 0.05) is 10.5 Å². The summed E-state index contributed by atoms with van der Waals surface area (Å²) in [5.41, 5.74) is 1.07. The van der Waals surface area contributed by atoms with Crippen molar-refractivity contribution in [3.05, 3.63) is 28.2 Å². The molecule has 0 spiro atoms. The van der Waals surface area contributed by atoms with Gasteiger partial charge in [0.15, 0.2) is 0 Å². The highest BCUT2D eigenvalue weighted by Crippen LogP contribution is 2.27. The normalized spacial score (nSPS) is 17.5. The number of anilines is 1. The fourth-order valence-corrected chi connectivity index (χ4v) is 3.22. The zero-order chi connectivity index (χ0) is 13.7. The molecule has 104 valence electrons. The molecule has 0 amide bonds. The molecular formula is C15H20BrNO2. The van der Waals surface area contributed by atoms with Gasteiger partial charge in [-0.15, -0.1) is 0 Å². The van der Waals surface area contributed by atoms with E-state index in [9.17, 15) is 9.90 Å². The lowest BCUT2D eigenvalue weighted by Gasteiger charge is -2.23. The first-order chi connectivity index (χ1) is 9.18. The topological polar surface area (TPSA) is 49.3 Å². The van der Waals surface area contributed by atoms with Crippen LogP contribution in [0.5, 0.6) is 0 Å². The minimum atomic E-state index is -0.888. The molecule has 0 unspecified atom stereocenters. The van der Waals surface area contributed by atoms with Crippen molar-refractivity contribution in [3.63, 3.8) is 0 Å².